The zero-order valence-electron chi connectivity index (χ0n) is 13.3. The Morgan fingerprint density at radius 3 is 2.57 bits per heavy atom. The number of pyridine rings is 1. The summed E-state index contributed by atoms with van der Waals surface area (Å²) in [5.74, 6) is 0.609. The number of carbonyl (C=O) groups is 1. The first kappa shape index (κ1) is 15.5. The summed E-state index contributed by atoms with van der Waals surface area (Å²) >= 11 is 0. The molecule has 0 unspecified atom stereocenters. The van der Waals surface area contributed by atoms with Crippen molar-refractivity contribution in [3.63, 3.8) is 0 Å². The maximum Gasteiger partial charge on any atom is 0.225 e. The number of nitrogens with zero attached hydrogens (tertiary/aromatic N) is 1. The van der Waals surface area contributed by atoms with E-state index in [9.17, 15) is 4.79 Å². The van der Waals surface area contributed by atoms with E-state index in [1.54, 1.807) is 6.20 Å². The topological polar surface area (TPSA) is 54.0 Å². The van der Waals surface area contributed by atoms with Crippen LogP contribution in [0.15, 0.2) is 48.7 Å². The van der Waals surface area contributed by atoms with Crippen molar-refractivity contribution in [1.29, 1.82) is 0 Å². The van der Waals surface area contributed by atoms with Crippen LogP contribution in [0, 0.1) is 0 Å². The summed E-state index contributed by atoms with van der Waals surface area (Å²) in [6, 6.07) is 14.5. The molecule has 1 saturated carbocycles. The summed E-state index contributed by atoms with van der Waals surface area (Å²) in [6.45, 7) is 0. The van der Waals surface area contributed by atoms with E-state index < -0.39 is 0 Å². The smallest absolute Gasteiger partial charge is 0.225 e. The molecular formula is C19H23N3O. The van der Waals surface area contributed by atoms with Crippen LogP contribution in [0.2, 0.25) is 0 Å². The van der Waals surface area contributed by atoms with Crippen molar-refractivity contribution in [1.82, 2.24) is 4.98 Å². The number of aryl methyl sites for hydroxylation is 1. The normalized spacial score (nSPS) is 14.6. The minimum atomic E-state index is -0.00199. The van der Waals surface area contributed by atoms with Crippen LogP contribution in [0.4, 0.5) is 11.5 Å². The van der Waals surface area contributed by atoms with E-state index in [1.165, 1.54) is 31.2 Å². The second-order valence-corrected chi connectivity index (χ2v) is 6.09. The molecule has 0 atom stereocenters. The van der Waals surface area contributed by atoms with Crippen molar-refractivity contribution < 1.29 is 4.79 Å². The molecule has 3 rings (SSSR count). The van der Waals surface area contributed by atoms with Gasteiger partial charge in [0.05, 0.1) is 11.9 Å². The maximum absolute atomic E-state index is 12.0. The molecule has 4 heteroatoms. The lowest BCUT2D eigenvalue weighted by Crippen LogP contribution is -2.15. The summed E-state index contributed by atoms with van der Waals surface area (Å²) in [6.07, 6.45) is 8.09. The van der Waals surface area contributed by atoms with Crippen LogP contribution in [-0.4, -0.2) is 16.9 Å². The third-order valence-corrected chi connectivity index (χ3v) is 4.24. The third-order valence-electron chi connectivity index (χ3n) is 4.24. The Morgan fingerprint density at radius 1 is 1.09 bits per heavy atom. The van der Waals surface area contributed by atoms with Gasteiger partial charge in [-0.2, -0.15) is 0 Å². The molecule has 1 heterocycles. The van der Waals surface area contributed by atoms with Crippen molar-refractivity contribution >= 4 is 17.4 Å². The van der Waals surface area contributed by atoms with Gasteiger partial charge in [-0.15, -0.1) is 0 Å². The highest BCUT2D eigenvalue weighted by atomic mass is 16.1. The van der Waals surface area contributed by atoms with Gasteiger partial charge in [-0.05, 0) is 37.0 Å². The SMILES string of the molecule is O=C(CCc1ccccc1)Nc1ccc(NC2CCCC2)cn1. The Kier molecular flexibility index (Phi) is 5.25. The van der Waals surface area contributed by atoms with Gasteiger partial charge >= 0.3 is 0 Å². The number of hydrogen-bond acceptors (Lipinski definition) is 3. The molecular weight excluding hydrogens is 286 g/mol. The molecule has 1 aliphatic rings. The number of carbonyl (C=O) groups excluding carboxylic acids is 1. The molecule has 1 fully saturated rings. The molecule has 1 aromatic carbocycles. The molecule has 1 amide bonds. The second kappa shape index (κ2) is 7.77. The number of hydrogen-bond donors (Lipinski definition) is 2. The molecule has 120 valence electrons. The molecule has 0 spiro atoms. The first-order chi connectivity index (χ1) is 11.3. The monoisotopic (exact) mass is 309 g/mol. The Labute approximate surface area is 137 Å². The summed E-state index contributed by atoms with van der Waals surface area (Å²) in [7, 11) is 0. The van der Waals surface area contributed by atoms with Crippen molar-refractivity contribution in [2.45, 2.75) is 44.6 Å². The average molecular weight is 309 g/mol. The van der Waals surface area contributed by atoms with Crippen LogP contribution in [-0.2, 0) is 11.2 Å². The molecule has 0 bridgehead atoms. The quantitative estimate of drug-likeness (QED) is 0.848. The van der Waals surface area contributed by atoms with E-state index in [-0.39, 0.29) is 5.91 Å². The van der Waals surface area contributed by atoms with Crippen LogP contribution < -0.4 is 10.6 Å². The van der Waals surface area contributed by atoms with Crippen molar-refractivity contribution in [3.8, 4) is 0 Å². The Bertz CT molecular complexity index is 619. The Hall–Kier alpha value is -2.36. The average Bonchev–Trinajstić information content (AvgIpc) is 3.09. The van der Waals surface area contributed by atoms with Crippen LogP contribution in [0.3, 0.4) is 0 Å². The van der Waals surface area contributed by atoms with Crippen LogP contribution in [0.25, 0.3) is 0 Å². The van der Waals surface area contributed by atoms with E-state index in [2.05, 4.69) is 15.6 Å². The largest absolute Gasteiger partial charge is 0.381 e. The van der Waals surface area contributed by atoms with Crippen LogP contribution in [0.5, 0.6) is 0 Å². The fourth-order valence-corrected chi connectivity index (χ4v) is 2.97. The predicted octanol–water partition coefficient (Wildman–Crippen LogP) is 4.01. The van der Waals surface area contributed by atoms with Gasteiger partial charge in [0.25, 0.3) is 0 Å². The highest BCUT2D eigenvalue weighted by molar-refractivity contribution is 5.89. The van der Waals surface area contributed by atoms with Crippen molar-refractivity contribution in [2.24, 2.45) is 0 Å². The van der Waals surface area contributed by atoms with E-state index in [1.807, 2.05) is 42.5 Å². The van der Waals surface area contributed by atoms with Crippen molar-refractivity contribution in [3.05, 3.63) is 54.2 Å². The lowest BCUT2D eigenvalue weighted by Gasteiger charge is -2.13. The molecule has 2 N–H and O–H groups in total. The zero-order chi connectivity index (χ0) is 15.9. The van der Waals surface area contributed by atoms with Gasteiger partial charge in [-0.1, -0.05) is 43.2 Å². The van der Waals surface area contributed by atoms with Crippen molar-refractivity contribution in [2.75, 3.05) is 10.6 Å². The molecule has 2 aromatic rings. The van der Waals surface area contributed by atoms with Gasteiger partial charge < -0.3 is 10.6 Å². The van der Waals surface area contributed by atoms with Gasteiger partial charge in [0, 0.05) is 12.5 Å². The van der Waals surface area contributed by atoms with Crippen LogP contribution in [0.1, 0.15) is 37.7 Å². The number of aromatic nitrogens is 1. The number of nitrogens with one attached hydrogen (secondary N) is 2. The molecule has 23 heavy (non-hydrogen) atoms. The molecule has 4 nitrogen and oxygen atoms in total. The summed E-state index contributed by atoms with van der Waals surface area (Å²) in [5, 5.41) is 6.35. The molecule has 0 saturated heterocycles. The number of benzene rings is 1. The van der Waals surface area contributed by atoms with E-state index in [0.29, 0.717) is 18.3 Å². The standard InChI is InChI=1S/C19H23N3O/c23-19(13-10-15-6-2-1-3-7-15)22-18-12-11-17(14-20-18)21-16-8-4-5-9-16/h1-3,6-7,11-12,14,16,21H,4-5,8-10,13H2,(H,20,22,23). The van der Waals surface area contributed by atoms with E-state index >= 15 is 0 Å². The fourth-order valence-electron chi connectivity index (χ4n) is 2.97. The van der Waals surface area contributed by atoms with Crippen LogP contribution >= 0.6 is 0 Å². The zero-order valence-corrected chi connectivity index (χ0v) is 13.3. The maximum atomic E-state index is 12.0. The Balaban J connectivity index is 1.46. The lowest BCUT2D eigenvalue weighted by atomic mass is 10.1. The van der Waals surface area contributed by atoms with Gasteiger partial charge in [0.1, 0.15) is 5.82 Å². The minimum absolute atomic E-state index is 0.00199. The van der Waals surface area contributed by atoms with Gasteiger partial charge in [0.2, 0.25) is 5.91 Å². The lowest BCUT2D eigenvalue weighted by molar-refractivity contribution is -0.116. The van der Waals surface area contributed by atoms with Gasteiger partial charge in [-0.25, -0.2) is 4.98 Å². The summed E-state index contributed by atoms with van der Waals surface area (Å²) < 4.78 is 0. The highest BCUT2D eigenvalue weighted by Gasteiger charge is 2.14. The second-order valence-electron chi connectivity index (χ2n) is 6.09. The van der Waals surface area contributed by atoms with E-state index in [0.717, 1.165) is 12.1 Å². The first-order valence-electron chi connectivity index (χ1n) is 8.36. The van der Waals surface area contributed by atoms with Gasteiger partial charge in [-0.3, -0.25) is 4.79 Å². The molecule has 0 aliphatic heterocycles. The number of rotatable bonds is 6. The Morgan fingerprint density at radius 2 is 1.87 bits per heavy atom. The van der Waals surface area contributed by atoms with Gasteiger partial charge in [0.15, 0.2) is 0 Å². The molecule has 1 aliphatic carbocycles. The number of anilines is 2. The van der Waals surface area contributed by atoms with E-state index in [4.69, 9.17) is 0 Å². The summed E-state index contributed by atoms with van der Waals surface area (Å²) in [5.41, 5.74) is 2.20. The fraction of sp³-hybridized carbons (Fsp3) is 0.368. The molecule has 0 radical (unpaired) electrons. The minimum Gasteiger partial charge on any atom is -0.381 e. The first-order valence-corrected chi connectivity index (χ1v) is 8.36. The third kappa shape index (κ3) is 4.81. The number of amides is 1. The molecule has 1 aromatic heterocycles. The summed E-state index contributed by atoms with van der Waals surface area (Å²) in [4.78, 5) is 16.3. The highest BCUT2D eigenvalue weighted by Crippen LogP contribution is 2.22. The predicted molar refractivity (Wildman–Crippen MR) is 93.5 cm³/mol.